The maximum atomic E-state index is 12.1. The first-order valence-electron chi connectivity index (χ1n) is 6.35. The Morgan fingerprint density at radius 3 is 2.55 bits per heavy atom. The number of rotatable bonds is 4. The molecule has 0 heterocycles. The van der Waals surface area contributed by atoms with Crippen LogP contribution >= 0.6 is 11.8 Å². The molecule has 1 atom stereocenters. The lowest BCUT2D eigenvalue weighted by Gasteiger charge is -2.08. The van der Waals surface area contributed by atoms with E-state index in [1.807, 2.05) is 42.5 Å². The van der Waals surface area contributed by atoms with E-state index < -0.39 is 0 Å². The number of hydrogen-bond acceptors (Lipinski definition) is 4. The molecule has 104 valence electrons. The van der Waals surface area contributed by atoms with Crippen LogP contribution < -0.4 is 0 Å². The second-order valence-electron chi connectivity index (χ2n) is 4.58. The standard InChI is InChI=1S/C16H16O3S/c1-11(15(17)19-2)10-20-16(18)14-8-7-12-5-3-4-6-13(12)9-14/h3-9,11H,10H2,1-2H3/t11-/m1/s1. The Balaban J connectivity index is 2.06. The smallest absolute Gasteiger partial charge is 0.309 e. The zero-order valence-electron chi connectivity index (χ0n) is 11.5. The van der Waals surface area contributed by atoms with Gasteiger partial charge in [-0.2, -0.15) is 0 Å². The molecule has 0 fully saturated rings. The van der Waals surface area contributed by atoms with Gasteiger partial charge in [0.25, 0.3) is 0 Å². The lowest BCUT2D eigenvalue weighted by molar-refractivity contribution is -0.143. The number of thioether (sulfide) groups is 1. The number of ether oxygens (including phenoxy) is 1. The molecule has 2 aromatic carbocycles. The molecule has 2 rings (SSSR count). The molecule has 0 unspecified atom stereocenters. The number of carbonyl (C=O) groups is 2. The van der Waals surface area contributed by atoms with Gasteiger partial charge in [0, 0.05) is 11.3 Å². The minimum Gasteiger partial charge on any atom is -0.469 e. The van der Waals surface area contributed by atoms with Crippen molar-refractivity contribution < 1.29 is 14.3 Å². The summed E-state index contributed by atoms with van der Waals surface area (Å²) in [5.74, 6) is -0.142. The molecule has 4 heteroatoms. The first kappa shape index (κ1) is 14.6. The number of esters is 1. The van der Waals surface area contributed by atoms with E-state index in [1.54, 1.807) is 6.92 Å². The van der Waals surface area contributed by atoms with Crippen molar-refractivity contribution in [3.8, 4) is 0 Å². The fraction of sp³-hybridized carbons (Fsp3) is 0.250. The van der Waals surface area contributed by atoms with Gasteiger partial charge >= 0.3 is 5.97 Å². The van der Waals surface area contributed by atoms with Crippen molar-refractivity contribution in [1.29, 1.82) is 0 Å². The number of carbonyl (C=O) groups excluding carboxylic acids is 2. The van der Waals surface area contributed by atoms with Gasteiger partial charge in [-0.1, -0.05) is 49.0 Å². The number of fused-ring (bicyclic) bond motifs is 1. The summed E-state index contributed by atoms with van der Waals surface area (Å²) >= 11 is 1.15. The molecule has 0 saturated carbocycles. The summed E-state index contributed by atoms with van der Waals surface area (Å²) in [6.07, 6.45) is 0. The molecule has 0 N–H and O–H groups in total. The second-order valence-corrected chi connectivity index (χ2v) is 5.58. The predicted molar refractivity (Wildman–Crippen MR) is 81.9 cm³/mol. The summed E-state index contributed by atoms with van der Waals surface area (Å²) in [7, 11) is 1.36. The van der Waals surface area contributed by atoms with Crippen LogP contribution in [0, 0.1) is 5.92 Å². The van der Waals surface area contributed by atoms with Crippen molar-refractivity contribution in [3.05, 3.63) is 48.0 Å². The molecule has 0 bridgehead atoms. The third-order valence-corrected chi connectivity index (χ3v) is 4.22. The lowest BCUT2D eigenvalue weighted by atomic mass is 10.1. The maximum absolute atomic E-state index is 12.1. The van der Waals surface area contributed by atoms with E-state index in [0.29, 0.717) is 11.3 Å². The van der Waals surface area contributed by atoms with E-state index >= 15 is 0 Å². The molecule has 0 aromatic heterocycles. The summed E-state index contributed by atoms with van der Waals surface area (Å²) in [5, 5.41) is 2.13. The van der Waals surface area contributed by atoms with Crippen molar-refractivity contribution in [2.24, 2.45) is 5.92 Å². The van der Waals surface area contributed by atoms with Gasteiger partial charge in [-0.3, -0.25) is 9.59 Å². The number of benzene rings is 2. The quantitative estimate of drug-likeness (QED) is 0.807. The van der Waals surface area contributed by atoms with Gasteiger partial charge < -0.3 is 4.74 Å². The molecule has 0 aliphatic rings. The van der Waals surface area contributed by atoms with Crippen LogP contribution in [0.3, 0.4) is 0 Å². The van der Waals surface area contributed by atoms with Crippen LogP contribution in [0.15, 0.2) is 42.5 Å². The highest BCUT2D eigenvalue weighted by molar-refractivity contribution is 8.14. The second kappa shape index (κ2) is 6.57. The Kier molecular flexibility index (Phi) is 4.79. The first-order valence-corrected chi connectivity index (χ1v) is 7.34. The molecule has 0 aliphatic heterocycles. The van der Waals surface area contributed by atoms with Crippen molar-refractivity contribution in [3.63, 3.8) is 0 Å². The van der Waals surface area contributed by atoms with Gasteiger partial charge in [0.1, 0.15) is 0 Å². The largest absolute Gasteiger partial charge is 0.469 e. The predicted octanol–water partition coefficient (Wildman–Crippen LogP) is 3.52. The SMILES string of the molecule is COC(=O)[C@H](C)CSC(=O)c1ccc2ccccc2c1. The minimum absolute atomic E-state index is 0.0218. The monoisotopic (exact) mass is 288 g/mol. The van der Waals surface area contributed by atoms with Crippen LogP contribution in [0.4, 0.5) is 0 Å². The average molecular weight is 288 g/mol. The van der Waals surface area contributed by atoms with Gasteiger partial charge in [0.05, 0.1) is 13.0 Å². The molecular weight excluding hydrogens is 272 g/mol. The van der Waals surface area contributed by atoms with Gasteiger partial charge in [-0.25, -0.2) is 0 Å². The molecule has 0 spiro atoms. The Bertz CT molecular complexity index is 636. The molecular formula is C16H16O3S. The first-order chi connectivity index (χ1) is 9.61. The number of hydrogen-bond donors (Lipinski definition) is 0. The summed E-state index contributed by atoms with van der Waals surface area (Å²) in [6, 6.07) is 13.5. The van der Waals surface area contributed by atoms with Crippen LogP contribution in [0.5, 0.6) is 0 Å². The summed E-state index contributed by atoms with van der Waals surface area (Å²) < 4.78 is 4.64. The van der Waals surface area contributed by atoms with Gasteiger partial charge in [-0.05, 0) is 22.9 Å². The van der Waals surface area contributed by atoms with E-state index in [0.717, 1.165) is 22.5 Å². The zero-order chi connectivity index (χ0) is 14.5. The molecule has 0 radical (unpaired) electrons. The fourth-order valence-corrected chi connectivity index (χ4v) is 2.70. The van der Waals surface area contributed by atoms with Crippen molar-refractivity contribution in [1.82, 2.24) is 0 Å². The van der Waals surface area contributed by atoms with E-state index in [4.69, 9.17) is 0 Å². The summed E-state index contributed by atoms with van der Waals surface area (Å²) in [6.45, 7) is 1.76. The van der Waals surface area contributed by atoms with Crippen LogP contribution in [0.2, 0.25) is 0 Å². The highest BCUT2D eigenvalue weighted by atomic mass is 32.2. The van der Waals surface area contributed by atoms with Crippen molar-refractivity contribution >= 4 is 33.6 Å². The third-order valence-electron chi connectivity index (χ3n) is 3.05. The fourth-order valence-electron chi connectivity index (χ4n) is 1.87. The van der Waals surface area contributed by atoms with E-state index in [2.05, 4.69) is 4.74 Å². The van der Waals surface area contributed by atoms with E-state index in [-0.39, 0.29) is 17.0 Å². The number of methoxy groups -OCH3 is 1. The average Bonchev–Trinajstić information content (AvgIpc) is 2.50. The summed E-state index contributed by atoms with van der Waals surface area (Å²) in [5.41, 5.74) is 0.658. The minimum atomic E-state index is -0.288. The molecule has 2 aromatic rings. The molecule has 3 nitrogen and oxygen atoms in total. The summed E-state index contributed by atoms with van der Waals surface area (Å²) in [4.78, 5) is 23.4. The van der Waals surface area contributed by atoms with Crippen LogP contribution in [-0.2, 0) is 9.53 Å². The van der Waals surface area contributed by atoms with Crippen molar-refractivity contribution in [2.75, 3.05) is 12.9 Å². The Labute approximate surface area is 122 Å². The van der Waals surface area contributed by atoms with Crippen LogP contribution in [-0.4, -0.2) is 23.9 Å². The molecule has 0 saturated heterocycles. The topological polar surface area (TPSA) is 43.4 Å². The Morgan fingerprint density at radius 1 is 1.15 bits per heavy atom. The Morgan fingerprint density at radius 2 is 1.85 bits per heavy atom. The molecule has 20 heavy (non-hydrogen) atoms. The van der Waals surface area contributed by atoms with Crippen LogP contribution in [0.1, 0.15) is 17.3 Å². The molecule has 0 aliphatic carbocycles. The van der Waals surface area contributed by atoms with Crippen LogP contribution in [0.25, 0.3) is 10.8 Å². The van der Waals surface area contributed by atoms with E-state index in [9.17, 15) is 9.59 Å². The normalized spacial score (nSPS) is 12.1. The zero-order valence-corrected chi connectivity index (χ0v) is 12.3. The highest BCUT2D eigenvalue weighted by Crippen LogP contribution is 2.21. The van der Waals surface area contributed by atoms with Gasteiger partial charge in [0.2, 0.25) is 5.12 Å². The highest BCUT2D eigenvalue weighted by Gasteiger charge is 2.16. The maximum Gasteiger partial charge on any atom is 0.309 e. The van der Waals surface area contributed by atoms with E-state index in [1.165, 1.54) is 7.11 Å². The third kappa shape index (κ3) is 3.39. The molecule has 0 amide bonds. The lowest BCUT2D eigenvalue weighted by Crippen LogP contribution is -2.15. The van der Waals surface area contributed by atoms with Gasteiger partial charge in [-0.15, -0.1) is 0 Å². The van der Waals surface area contributed by atoms with Gasteiger partial charge in [0.15, 0.2) is 0 Å². The Hall–Kier alpha value is -1.81. The van der Waals surface area contributed by atoms with Crippen molar-refractivity contribution in [2.45, 2.75) is 6.92 Å².